The molecule has 1 aliphatic carbocycles. The molecule has 0 aromatic heterocycles. The fourth-order valence-corrected chi connectivity index (χ4v) is 5.63. The van der Waals surface area contributed by atoms with Crippen LogP contribution in [0.15, 0.2) is 18.2 Å². The highest BCUT2D eigenvalue weighted by Crippen LogP contribution is 2.36. The van der Waals surface area contributed by atoms with Crippen molar-refractivity contribution in [1.82, 2.24) is 4.90 Å². The Bertz CT molecular complexity index is 765. The summed E-state index contributed by atoms with van der Waals surface area (Å²) in [7, 11) is 0. The van der Waals surface area contributed by atoms with Gasteiger partial charge in [-0.1, -0.05) is 25.3 Å². The van der Waals surface area contributed by atoms with E-state index in [0.717, 1.165) is 44.6 Å². The van der Waals surface area contributed by atoms with Gasteiger partial charge in [-0.15, -0.1) is 0 Å². The number of anilines is 2. The lowest BCUT2D eigenvalue weighted by atomic mass is 9.94. The van der Waals surface area contributed by atoms with Crippen LogP contribution in [0.5, 0.6) is 0 Å². The van der Waals surface area contributed by atoms with E-state index in [4.69, 9.17) is 0 Å². The Morgan fingerprint density at radius 2 is 1.75 bits per heavy atom. The molecule has 1 aromatic rings. The van der Waals surface area contributed by atoms with E-state index in [2.05, 4.69) is 23.1 Å². The summed E-state index contributed by atoms with van der Waals surface area (Å²) >= 11 is 0. The molecule has 1 unspecified atom stereocenters. The number of carbonyl (C=O) groups is 2. The number of carbonyl (C=O) groups excluding carboxylic acids is 2. The Labute approximate surface area is 167 Å². The van der Waals surface area contributed by atoms with Crippen molar-refractivity contribution in [2.24, 2.45) is 5.92 Å². The van der Waals surface area contributed by atoms with E-state index in [1.54, 1.807) is 0 Å². The molecule has 28 heavy (non-hydrogen) atoms. The van der Waals surface area contributed by atoms with Crippen LogP contribution in [0, 0.1) is 5.92 Å². The van der Waals surface area contributed by atoms with Crippen LogP contribution in [-0.4, -0.2) is 48.9 Å². The summed E-state index contributed by atoms with van der Waals surface area (Å²) in [5, 5.41) is 0. The lowest BCUT2D eigenvalue weighted by Gasteiger charge is -2.31. The molecule has 0 radical (unpaired) electrons. The largest absolute Gasteiger partial charge is 0.371 e. The maximum Gasteiger partial charge on any atom is 0.232 e. The van der Waals surface area contributed by atoms with E-state index in [1.807, 2.05) is 9.80 Å². The van der Waals surface area contributed by atoms with Gasteiger partial charge in [0.15, 0.2) is 0 Å². The average molecular weight is 382 g/mol. The Balaban J connectivity index is 1.31. The van der Waals surface area contributed by atoms with Crippen molar-refractivity contribution in [1.29, 1.82) is 0 Å². The Morgan fingerprint density at radius 3 is 2.54 bits per heavy atom. The molecule has 1 atom stereocenters. The summed E-state index contributed by atoms with van der Waals surface area (Å²) < 4.78 is 0. The number of benzene rings is 1. The third-order valence-electron chi connectivity index (χ3n) is 7.22. The van der Waals surface area contributed by atoms with Crippen molar-refractivity contribution in [3.63, 3.8) is 0 Å². The van der Waals surface area contributed by atoms with Crippen molar-refractivity contribution >= 4 is 23.2 Å². The van der Waals surface area contributed by atoms with E-state index in [0.29, 0.717) is 19.0 Å². The second-order valence-corrected chi connectivity index (χ2v) is 8.99. The zero-order valence-electron chi connectivity index (χ0n) is 16.7. The number of hydrogen-bond donors (Lipinski definition) is 0. The van der Waals surface area contributed by atoms with Crippen LogP contribution in [-0.2, 0) is 16.0 Å². The topological polar surface area (TPSA) is 43.9 Å². The normalized spacial score (nSPS) is 25.6. The predicted molar refractivity (Wildman–Crippen MR) is 111 cm³/mol. The van der Waals surface area contributed by atoms with Gasteiger partial charge in [0.05, 0.1) is 5.92 Å². The van der Waals surface area contributed by atoms with Gasteiger partial charge < -0.3 is 14.7 Å². The number of likely N-dealkylation sites (tertiary alicyclic amines) is 1. The van der Waals surface area contributed by atoms with Crippen LogP contribution in [0.4, 0.5) is 11.4 Å². The van der Waals surface area contributed by atoms with Crippen molar-refractivity contribution in [3.05, 3.63) is 23.8 Å². The molecule has 3 heterocycles. The van der Waals surface area contributed by atoms with Crippen LogP contribution in [0.2, 0.25) is 0 Å². The summed E-state index contributed by atoms with van der Waals surface area (Å²) in [5.74, 6) is 0.176. The molecule has 150 valence electrons. The molecule has 0 bridgehead atoms. The summed E-state index contributed by atoms with van der Waals surface area (Å²) in [6.45, 7) is 3.60. The SMILES string of the molecule is O=C(C1CC(=O)N(C2CCCCC2)C1)N1CCc2ccc(N3CCCC3)cc21. The molecular weight excluding hydrogens is 350 g/mol. The molecule has 1 saturated carbocycles. The number of rotatable bonds is 3. The maximum absolute atomic E-state index is 13.4. The molecule has 5 nitrogen and oxygen atoms in total. The van der Waals surface area contributed by atoms with Crippen molar-refractivity contribution < 1.29 is 9.59 Å². The number of fused-ring (bicyclic) bond motifs is 1. The standard InChI is InChI=1S/C23H31N3O2/c27-22-14-18(16-26(22)19-6-2-1-3-7-19)23(28)25-13-10-17-8-9-20(15-21(17)25)24-11-4-5-12-24/h8-9,15,18-19H,1-7,10-14,16H2. The van der Waals surface area contributed by atoms with E-state index < -0.39 is 0 Å². The first-order chi connectivity index (χ1) is 13.7. The lowest BCUT2D eigenvalue weighted by Crippen LogP contribution is -2.40. The van der Waals surface area contributed by atoms with Gasteiger partial charge in [-0.3, -0.25) is 9.59 Å². The van der Waals surface area contributed by atoms with Gasteiger partial charge >= 0.3 is 0 Å². The monoisotopic (exact) mass is 381 g/mol. The molecule has 2 saturated heterocycles. The number of amides is 2. The van der Waals surface area contributed by atoms with Crippen LogP contribution < -0.4 is 9.80 Å². The van der Waals surface area contributed by atoms with Crippen molar-refractivity contribution in [3.8, 4) is 0 Å². The summed E-state index contributed by atoms with van der Waals surface area (Å²) in [6, 6.07) is 6.99. The van der Waals surface area contributed by atoms with Crippen LogP contribution >= 0.6 is 0 Å². The highest BCUT2D eigenvalue weighted by Gasteiger charge is 2.41. The van der Waals surface area contributed by atoms with Crippen molar-refractivity contribution in [2.45, 2.75) is 63.8 Å². The quantitative estimate of drug-likeness (QED) is 0.806. The maximum atomic E-state index is 13.4. The first-order valence-electron chi connectivity index (χ1n) is 11.2. The first kappa shape index (κ1) is 18.0. The smallest absolute Gasteiger partial charge is 0.232 e. The number of nitrogens with zero attached hydrogens (tertiary/aromatic N) is 3. The Kier molecular flexibility index (Phi) is 4.77. The van der Waals surface area contributed by atoms with E-state index >= 15 is 0 Å². The zero-order valence-corrected chi connectivity index (χ0v) is 16.7. The lowest BCUT2D eigenvalue weighted by molar-refractivity contribution is -0.130. The van der Waals surface area contributed by atoms with Crippen LogP contribution in [0.3, 0.4) is 0 Å². The first-order valence-corrected chi connectivity index (χ1v) is 11.2. The number of hydrogen-bond acceptors (Lipinski definition) is 3. The van der Waals surface area contributed by atoms with Gasteiger partial charge in [-0.2, -0.15) is 0 Å². The van der Waals surface area contributed by atoms with E-state index in [-0.39, 0.29) is 17.7 Å². The molecule has 0 N–H and O–H groups in total. The molecule has 0 spiro atoms. The van der Waals surface area contributed by atoms with Gasteiger partial charge in [0.25, 0.3) is 0 Å². The Hall–Kier alpha value is -2.04. The molecule has 2 amide bonds. The second kappa shape index (κ2) is 7.41. The van der Waals surface area contributed by atoms with Crippen LogP contribution in [0.1, 0.15) is 56.9 Å². The van der Waals surface area contributed by atoms with Gasteiger partial charge in [0.1, 0.15) is 0 Å². The minimum atomic E-state index is -0.171. The Morgan fingerprint density at radius 1 is 0.964 bits per heavy atom. The third-order valence-corrected chi connectivity index (χ3v) is 7.22. The highest BCUT2D eigenvalue weighted by atomic mass is 16.2. The average Bonchev–Trinajstić information content (AvgIpc) is 3.47. The zero-order chi connectivity index (χ0) is 19.1. The molecule has 3 fully saturated rings. The van der Waals surface area contributed by atoms with Crippen molar-refractivity contribution in [2.75, 3.05) is 36.0 Å². The fourth-order valence-electron chi connectivity index (χ4n) is 5.63. The van der Waals surface area contributed by atoms with Gasteiger partial charge in [-0.25, -0.2) is 0 Å². The molecule has 1 aromatic carbocycles. The van der Waals surface area contributed by atoms with Crippen LogP contribution in [0.25, 0.3) is 0 Å². The molecule has 3 aliphatic heterocycles. The predicted octanol–water partition coefficient (Wildman–Crippen LogP) is 3.36. The summed E-state index contributed by atoms with van der Waals surface area (Å²) in [6.07, 6.45) is 9.75. The van der Waals surface area contributed by atoms with E-state index in [1.165, 1.54) is 43.4 Å². The molecule has 4 aliphatic rings. The molecule has 5 heteroatoms. The molecular formula is C23H31N3O2. The third kappa shape index (κ3) is 3.19. The highest BCUT2D eigenvalue weighted by molar-refractivity contribution is 6.01. The van der Waals surface area contributed by atoms with Gasteiger partial charge in [0.2, 0.25) is 11.8 Å². The van der Waals surface area contributed by atoms with Gasteiger partial charge in [0, 0.05) is 50.0 Å². The van der Waals surface area contributed by atoms with Gasteiger partial charge in [-0.05, 0) is 49.8 Å². The summed E-state index contributed by atoms with van der Waals surface area (Å²) in [5.41, 5.74) is 3.59. The summed E-state index contributed by atoms with van der Waals surface area (Å²) in [4.78, 5) is 32.4. The second-order valence-electron chi connectivity index (χ2n) is 8.99. The molecule has 5 rings (SSSR count). The fraction of sp³-hybridized carbons (Fsp3) is 0.652. The van der Waals surface area contributed by atoms with E-state index in [9.17, 15) is 9.59 Å². The minimum Gasteiger partial charge on any atom is -0.371 e. The minimum absolute atomic E-state index is 0.156.